The van der Waals surface area contributed by atoms with Crippen LogP contribution in [0.4, 0.5) is 0 Å². The Labute approximate surface area is 119 Å². The highest BCUT2D eigenvalue weighted by molar-refractivity contribution is 4.89. The number of hydrogen-bond acceptors (Lipinski definition) is 3. The van der Waals surface area contributed by atoms with Gasteiger partial charge in [-0.1, -0.05) is 20.8 Å². The van der Waals surface area contributed by atoms with Crippen LogP contribution in [0.5, 0.6) is 0 Å². The lowest BCUT2D eigenvalue weighted by Crippen LogP contribution is -2.43. The smallest absolute Gasteiger partial charge is 0.0235 e. The van der Waals surface area contributed by atoms with Crippen molar-refractivity contribution in [3.05, 3.63) is 0 Å². The van der Waals surface area contributed by atoms with Gasteiger partial charge in [0.15, 0.2) is 0 Å². The molecule has 0 aromatic rings. The minimum atomic E-state index is 0.794. The molecule has 3 nitrogen and oxygen atoms in total. The minimum absolute atomic E-state index is 0.794. The van der Waals surface area contributed by atoms with Gasteiger partial charge in [0.25, 0.3) is 0 Å². The summed E-state index contributed by atoms with van der Waals surface area (Å²) >= 11 is 0. The van der Waals surface area contributed by atoms with Crippen molar-refractivity contribution in [2.45, 2.75) is 71.0 Å². The van der Waals surface area contributed by atoms with Gasteiger partial charge in [0, 0.05) is 31.2 Å². The van der Waals surface area contributed by atoms with E-state index in [4.69, 9.17) is 0 Å². The Kier molecular flexibility index (Phi) is 6.11. The van der Waals surface area contributed by atoms with Gasteiger partial charge in [0.05, 0.1) is 0 Å². The lowest BCUT2D eigenvalue weighted by atomic mass is 9.90. The molecule has 1 aliphatic carbocycles. The van der Waals surface area contributed by atoms with Crippen LogP contribution < -0.4 is 5.32 Å². The van der Waals surface area contributed by atoms with E-state index in [1.54, 1.807) is 0 Å². The second kappa shape index (κ2) is 7.61. The van der Waals surface area contributed by atoms with Crippen LogP contribution >= 0.6 is 0 Å². The van der Waals surface area contributed by atoms with Crippen molar-refractivity contribution in [2.75, 3.05) is 32.7 Å². The molecule has 2 aliphatic rings. The van der Waals surface area contributed by atoms with E-state index in [-0.39, 0.29) is 0 Å². The molecule has 0 bridgehead atoms. The summed E-state index contributed by atoms with van der Waals surface area (Å²) in [6, 6.07) is 2.49. The van der Waals surface area contributed by atoms with Gasteiger partial charge < -0.3 is 5.32 Å². The van der Waals surface area contributed by atoms with E-state index in [0.717, 1.165) is 24.7 Å². The molecule has 1 atom stereocenters. The van der Waals surface area contributed by atoms with Gasteiger partial charge >= 0.3 is 0 Å². The molecule has 19 heavy (non-hydrogen) atoms. The van der Waals surface area contributed by atoms with E-state index in [0.29, 0.717) is 0 Å². The van der Waals surface area contributed by atoms with Crippen molar-refractivity contribution in [1.29, 1.82) is 0 Å². The minimum Gasteiger partial charge on any atom is -0.314 e. The standard InChI is InChI=1S/C16H33N3/c1-4-17-14-7-9-15(10-8-14)19-12-11-16(13-19)18(5-2)6-3/h14-17H,4-13H2,1-3H3. The van der Waals surface area contributed by atoms with E-state index < -0.39 is 0 Å². The summed E-state index contributed by atoms with van der Waals surface area (Å²) in [5.41, 5.74) is 0. The molecule has 0 aromatic heterocycles. The Balaban J connectivity index is 1.76. The molecular formula is C16H33N3. The molecule has 1 saturated carbocycles. The predicted molar refractivity (Wildman–Crippen MR) is 82.6 cm³/mol. The number of hydrogen-bond donors (Lipinski definition) is 1. The van der Waals surface area contributed by atoms with Crippen LogP contribution in [0.1, 0.15) is 52.9 Å². The third-order valence-electron chi connectivity index (χ3n) is 5.23. The highest BCUT2D eigenvalue weighted by Crippen LogP contribution is 2.27. The maximum absolute atomic E-state index is 3.61. The molecule has 1 unspecified atom stereocenters. The summed E-state index contributed by atoms with van der Waals surface area (Å²) in [7, 11) is 0. The van der Waals surface area contributed by atoms with Crippen molar-refractivity contribution in [1.82, 2.24) is 15.1 Å². The largest absolute Gasteiger partial charge is 0.314 e. The maximum Gasteiger partial charge on any atom is 0.0235 e. The van der Waals surface area contributed by atoms with Crippen molar-refractivity contribution >= 4 is 0 Å². The molecule has 0 amide bonds. The molecule has 1 saturated heterocycles. The summed E-state index contributed by atoms with van der Waals surface area (Å²) in [5.74, 6) is 0. The average Bonchev–Trinajstić information content (AvgIpc) is 2.91. The van der Waals surface area contributed by atoms with Crippen LogP contribution in [0.15, 0.2) is 0 Å². The van der Waals surface area contributed by atoms with E-state index in [1.165, 1.54) is 58.3 Å². The molecule has 0 aromatic carbocycles. The van der Waals surface area contributed by atoms with Gasteiger partial charge in [-0.2, -0.15) is 0 Å². The van der Waals surface area contributed by atoms with Crippen molar-refractivity contribution in [3.63, 3.8) is 0 Å². The van der Waals surface area contributed by atoms with Gasteiger partial charge in [-0.25, -0.2) is 0 Å². The Bertz CT molecular complexity index is 244. The topological polar surface area (TPSA) is 18.5 Å². The number of likely N-dealkylation sites (tertiary alicyclic amines) is 1. The fourth-order valence-electron chi connectivity index (χ4n) is 4.07. The monoisotopic (exact) mass is 267 g/mol. The molecule has 1 N–H and O–H groups in total. The summed E-state index contributed by atoms with van der Waals surface area (Å²) in [6.07, 6.45) is 6.95. The van der Waals surface area contributed by atoms with Gasteiger partial charge in [-0.05, 0) is 51.7 Å². The molecule has 1 aliphatic heterocycles. The zero-order valence-corrected chi connectivity index (χ0v) is 13.2. The Morgan fingerprint density at radius 3 is 2.26 bits per heavy atom. The summed E-state index contributed by atoms with van der Waals surface area (Å²) in [6.45, 7) is 13.0. The van der Waals surface area contributed by atoms with Crippen LogP contribution in [-0.2, 0) is 0 Å². The highest BCUT2D eigenvalue weighted by Gasteiger charge is 2.32. The third-order valence-corrected chi connectivity index (χ3v) is 5.23. The van der Waals surface area contributed by atoms with E-state index >= 15 is 0 Å². The van der Waals surface area contributed by atoms with Gasteiger partial charge in [-0.3, -0.25) is 9.80 Å². The molecule has 2 fully saturated rings. The molecule has 3 heteroatoms. The first kappa shape index (κ1) is 15.3. The number of nitrogens with one attached hydrogen (secondary N) is 1. The fourth-order valence-corrected chi connectivity index (χ4v) is 4.07. The molecular weight excluding hydrogens is 234 g/mol. The lowest BCUT2D eigenvalue weighted by molar-refractivity contribution is 0.152. The molecule has 0 spiro atoms. The number of rotatable bonds is 6. The van der Waals surface area contributed by atoms with Gasteiger partial charge in [0.2, 0.25) is 0 Å². The second-order valence-electron chi connectivity index (χ2n) is 6.22. The first-order chi connectivity index (χ1) is 9.28. The zero-order chi connectivity index (χ0) is 13.7. The highest BCUT2D eigenvalue weighted by atomic mass is 15.3. The lowest BCUT2D eigenvalue weighted by Gasteiger charge is -2.35. The fraction of sp³-hybridized carbons (Fsp3) is 1.00. The average molecular weight is 267 g/mol. The van der Waals surface area contributed by atoms with Crippen LogP contribution in [0.3, 0.4) is 0 Å². The van der Waals surface area contributed by atoms with Crippen LogP contribution in [0.25, 0.3) is 0 Å². The Hall–Kier alpha value is -0.120. The van der Waals surface area contributed by atoms with Gasteiger partial charge in [-0.15, -0.1) is 0 Å². The first-order valence-corrected chi connectivity index (χ1v) is 8.49. The molecule has 0 radical (unpaired) electrons. The van der Waals surface area contributed by atoms with Crippen LogP contribution in [0, 0.1) is 0 Å². The molecule has 2 rings (SSSR count). The van der Waals surface area contributed by atoms with Crippen molar-refractivity contribution < 1.29 is 0 Å². The summed E-state index contributed by atoms with van der Waals surface area (Å²) < 4.78 is 0. The first-order valence-electron chi connectivity index (χ1n) is 8.49. The zero-order valence-electron chi connectivity index (χ0n) is 13.2. The van der Waals surface area contributed by atoms with Gasteiger partial charge in [0.1, 0.15) is 0 Å². The van der Waals surface area contributed by atoms with E-state index in [1.807, 2.05) is 0 Å². The SMILES string of the molecule is CCNC1CCC(N2CCC(N(CC)CC)C2)CC1. The second-order valence-corrected chi connectivity index (χ2v) is 6.22. The summed E-state index contributed by atoms with van der Waals surface area (Å²) in [4.78, 5) is 5.43. The van der Waals surface area contributed by atoms with Crippen LogP contribution in [0.2, 0.25) is 0 Å². The van der Waals surface area contributed by atoms with Crippen molar-refractivity contribution in [2.24, 2.45) is 0 Å². The van der Waals surface area contributed by atoms with E-state index in [9.17, 15) is 0 Å². The van der Waals surface area contributed by atoms with E-state index in [2.05, 4.69) is 35.9 Å². The number of likely N-dealkylation sites (N-methyl/N-ethyl adjacent to an activating group) is 1. The van der Waals surface area contributed by atoms with Crippen molar-refractivity contribution in [3.8, 4) is 0 Å². The van der Waals surface area contributed by atoms with Crippen LogP contribution in [-0.4, -0.2) is 60.6 Å². The Morgan fingerprint density at radius 1 is 1.00 bits per heavy atom. The Morgan fingerprint density at radius 2 is 1.68 bits per heavy atom. The maximum atomic E-state index is 3.61. The normalized spacial score (nSPS) is 33.2. The third kappa shape index (κ3) is 3.93. The summed E-state index contributed by atoms with van der Waals surface area (Å²) in [5, 5.41) is 3.61. The molecule has 112 valence electrons. The molecule has 1 heterocycles. The number of nitrogens with zero attached hydrogens (tertiary/aromatic N) is 2. The predicted octanol–water partition coefficient (Wildman–Crippen LogP) is 2.32. The quantitative estimate of drug-likeness (QED) is 0.797.